The van der Waals surface area contributed by atoms with Gasteiger partial charge in [0.1, 0.15) is 11.5 Å². The maximum atomic E-state index is 11.8. The number of hydrogen-bond acceptors (Lipinski definition) is 5. The predicted octanol–water partition coefficient (Wildman–Crippen LogP) is 3.17. The van der Waals surface area contributed by atoms with Gasteiger partial charge in [0, 0.05) is 13.5 Å². The molecule has 0 saturated carbocycles. The van der Waals surface area contributed by atoms with Crippen molar-refractivity contribution in [1.29, 1.82) is 0 Å². The van der Waals surface area contributed by atoms with Crippen LogP contribution in [0.4, 0.5) is 4.79 Å². The summed E-state index contributed by atoms with van der Waals surface area (Å²) >= 11 is 0. The van der Waals surface area contributed by atoms with Crippen LogP contribution in [0, 0.1) is 6.92 Å². The number of carbonyl (C=O) groups is 1. The zero-order valence-electron chi connectivity index (χ0n) is 13.7. The first-order valence-electron chi connectivity index (χ1n) is 7.82. The molecular weight excluding hydrogens is 320 g/mol. The summed E-state index contributed by atoms with van der Waals surface area (Å²) < 4.78 is 10.6. The number of amides is 2. The van der Waals surface area contributed by atoms with Gasteiger partial charge >= 0.3 is 6.03 Å². The molecule has 0 spiro atoms. The Bertz CT molecular complexity index is 816. The van der Waals surface area contributed by atoms with Crippen molar-refractivity contribution in [2.45, 2.75) is 20.0 Å². The first kappa shape index (κ1) is 16.5. The number of urea groups is 1. The maximum absolute atomic E-state index is 11.8. The second kappa shape index (κ2) is 7.96. The van der Waals surface area contributed by atoms with Crippen LogP contribution in [0.1, 0.15) is 17.3 Å². The third-order valence-corrected chi connectivity index (χ3v) is 3.33. The zero-order chi connectivity index (χ0) is 17.5. The van der Waals surface area contributed by atoms with Crippen LogP contribution in [0.2, 0.25) is 0 Å². The molecule has 2 aromatic carbocycles. The van der Waals surface area contributed by atoms with Crippen molar-refractivity contribution in [3.05, 3.63) is 71.9 Å². The molecule has 0 radical (unpaired) electrons. The number of ether oxygens (including phenoxy) is 1. The van der Waals surface area contributed by atoms with E-state index in [0.717, 1.165) is 17.1 Å². The lowest BCUT2D eigenvalue weighted by Crippen LogP contribution is -2.34. The second-order valence-corrected chi connectivity index (χ2v) is 5.32. The summed E-state index contributed by atoms with van der Waals surface area (Å²) in [5, 5.41) is 9.14. The van der Waals surface area contributed by atoms with Crippen molar-refractivity contribution in [3.63, 3.8) is 0 Å². The molecule has 3 rings (SSSR count). The van der Waals surface area contributed by atoms with Crippen LogP contribution in [0.25, 0.3) is 0 Å². The third-order valence-electron chi connectivity index (χ3n) is 3.33. The number of nitrogens with one attached hydrogen (secondary N) is 2. The predicted molar refractivity (Wildman–Crippen MR) is 91.1 cm³/mol. The van der Waals surface area contributed by atoms with Crippen molar-refractivity contribution in [1.82, 2.24) is 20.8 Å². The molecule has 2 amide bonds. The lowest BCUT2D eigenvalue weighted by atomic mass is 10.2. The van der Waals surface area contributed by atoms with Crippen LogP contribution in [-0.2, 0) is 13.1 Å². The molecule has 25 heavy (non-hydrogen) atoms. The van der Waals surface area contributed by atoms with Gasteiger partial charge in [0.25, 0.3) is 0 Å². The van der Waals surface area contributed by atoms with E-state index in [9.17, 15) is 4.79 Å². The number of carbonyl (C=O) groups excluding carboxylic acids is 1. The molecule has 0 atom stereocenters. The molecule has 1 aromatic heterocycles. The summed E-state index contributed by atoms with van der Waals surface area (Å²) in [6, 6.07) is 16.8. The molecule has 0 saturated heterocycles. The summed E-state index contributed by atoms with van der Waals surface area (Å²) in [6.07, 6.45) is 0. The summed E-state index contributed by atoms with van der Waals surface area (Å²) in [5.74, 6) is 2.43. The molecule has 0 aliphatic rings. The number of aromatic nitrogens is 2. The van der Waals surface area contributed by atoms with Crippen LogP contribution in [0.15, 0.2) is 59.1 Å². The molecule has 0 unspecified atom stereocenters. The fourth-order valence-corrected chi connectivity index (χ4v) is 2.12. The number of aryl methyl sites for hydroxylation is 1. The van der Waals surface area contributed by atoms with Crippen molar-refractivity contribution >= 4 is 6.03 Å². The second-order valence-electron chi connectivity index (χ2n) is 5.32. The zero-order valence-corrected chi connectivity index (χ0v) is 13.7. The Morgan fingerprint density at radius 3 is 2.36 bits per heavy atom. The van der Waals surface area contributed by atoms with Gasteiger partial charge in [-0.15, -0.1) is 0 Å². The minimum atomic E-state index is -0.299. The number of nitrogens with zero attached hydrogens (tertiary/aromatic N) is 2. The highest BCUT2D eigenvalue weighted by atomic mass is 16.5. The van der Waals surface area contributed by atoms with Gasteiger partial charge in [-0.3, -0.25) is 0 Å². The average Bonchev–Trinajstić information content (AvgIpc) is 3.06. The number of hydrogen-bond donors (Lipinski definition) is 2. The Hall–Kier alpha value is -3.35. The minimum absolute atomic E-state index is 0.215. The summed E-state index contributed by atoms with van der Waals surface area (Å²) in [5.41, 5.74) is 0.964. The van der Waals surface area contributed by atoms with Crippen LogP contribution >= 0.6 is 0 Å². The van der Waals surface area contributed by atoms with Crippen molar-refractivity contribution in [2.75, 3.05) is 0 Å². The highest BCUT2D eigenvalue weighted by molar-refractivity contribution is 5.73. The smallest absolute Gasteiger partial charge is 0.315 e. The van der Waals surface area contributed by atoms with E-state index in [1.54, 1.807) is 6.92 Å². The largest absolute Gasteiger partial charge is 0.457 e. The highest BCUT2D eigenvalue weighted by Crippen LogP contribution is 2.20. The van der Waals surface area contributed by atoms with Crippen molar-refractivity contribution < 1.29 is 14.1 Å². The van der Waals surface area contributed by atoms with Crippen LogP contribution in [0.5, 0.6) is 11.5 Å². The van der Waals surface area contributed by atoms with Crippen molar-refractivity contribution in [3.8, 4) is 11.5 Å². The van der Waals surface area contributed by atoms with Gasteiger partial charge in [0.15, 0.2) is 5.82 Å². The maximum Gasteiger partial charge on any atom is 0.315 e. The average molecular weight is 338 g/mol. The summed E-state index contributed by atoms with van der Waals surface area (Å²) in [6.45, 7) is 2.32. The van der Waals surface area contributed by atoms with Crippen LogP contribution in [0.3, 0.4) is 0 Å². The van der Waals surface area contributed by atoms with Gasteiger partial charge in [-0.2, -0.15) is 4.98 Å². The molecule has 1 heterocycles. The summed E-state index contributed by atoms with van der Waals surface area (Å²) in [4.78, 5) is 15.8. The highest BCUT2D eigenvalue weighted by Gasteiger charge is 2.05. The van der Waals surface area contributed by atoms with E-state index < -0.39 is 0 Å². The Morgan fingerprint density at radius 1 is 1.00 bits per heavy atom. The van der Waals surface area contributed by atoms with E-state index in [1.165, 1.54) is 0 Å². The molecule has 7 nitrogen and oxygen atoms in total. The van der Waals surface area contributed by atoms with Gasteiger partial charge in [-0.25, -0.2) is 4.79 Å². The lowest BCUT2D eigenvalue weighted by molar-refractivity contribution is 0.239. The van der Waals surface area contributed by atoms with Gasteiger partial charge < -0.3 is 19.9 Å². The SMILES string of the molecule is Cc1nc(CNC(=O)NCc2ccc(Oc3ccccc3)cc2)no1. The van der Waals surface area contributed by atoms with E-state index in [-0.39, 0.29) is 12.6 Å². The minimum Gasteiger partial charge on any atom is -0.457 e. The standard InChI is InChI=1S/C18H18N4O3/c1-13-21-17(22-25-13)12-20-18(23)19-11-14-7-9-16(10-8-14)24-15-5-3-2-4-6-15/h2-10H,11-12H2,1H3,(H2,19,20,23). The van der Waals surface area contributed by atoms with Crippen LogP contribution < -0.4 is 15.4 Å². The normalized spacial score (nSPS) is 10.3. The fourth-order valence-electron chi connectivity index (χ4n) is 2.12. The molecule has 3 aromatic rings. The van der Waals surface area contributed by atoms with Crippen LogP contribution in [-0.4, -0.2) is 16.2 Å². The topological polar surface area (TPSA) is 89.3 Å². The number of para-hydroxylation sites is 1. The van der Waals surface area contributed by atoms with Gasteiger partial charge in [0.05, 0.1) is 6.54 Å². The third kappa shape index (κ3) is 5.07. The quantitative estimate of drug-likeness (QED) is 0.720. The monoisotopic (exact) mass is 338 g/mol. The summed E-state index contributed by atoms with van der Waals surface area (Å²) in [7, 11) is 0. The molecule has 128 valence electrons. The Balaban J connectivity index is 1.44. The molecule has 0 aliphatic heterocycles. The van der Waals surface area contributed by atoms with Gasteiger partial charge in [0.2, 0.25) is 5.89 Å². The van der Waals surface area contributed by atoms with E-state index >= 15 is 0 Å². The first-order valence-corrected chi connectivity index (χ1v) is 7.82. The first-order chi connectivity index (χ1) is 12.2. The molecule has 0 aliphatic carbocycles. The molecule has 7 heteroatoms. The Morgan fingerprint density at radius 2 is 1.68 bits per heavy atom. The van der Waals surface area contributed by atoms with Gasteiger partial charge in [-0.1, -0.05) is 35.5 Å². The van der Waals surface area contributed by atoms with Gasteiger partial charge in [-0.05, 0) is 29.8 Å². The molecule has 0 bridgehead atoms. The lowest BCUT2D eigenvalue weighted by Gasteiger charge is -2.08. The van der Waals surface area contributed by atoms with E-state index in [4.69, 9.17) is 9.26 Å². The Kier molecular flexibility index (Phi) is 5.26. The Labute approximate surface area is 145 Å². The van der Waals surface area contributed by atoms with E-state index in [0.29, 0.717) is 18.3 Å². The number of rotatable bonds is 6. The molecular formula is C18H18N4O3. The van der Waals surface area contributed by atoms with Crippen molar-refractivity contribution in [2.24, 2.45) is 0 Å². The molecule has 0 fully saturated rings. The molecule has 2 N–H and O–H groups in total. The fraction of sp³-hybridized carbons (Fsp3) is 0.167. The van der Waals surface area contributed by atoms with E-state index in [1.807, 2.05) is 54.6 Å². The van der Waals surface area contributed by atoms with E-state index in [2.05, 4.69) is 20.8 Å². The number of benzene rings is 2.